The van der Waals surface area contributed by atoms with Gasteiger partial charge in [0.15, 0.2) is 4.34 Å². The summed E-state index contributed by atoms with van der Waals surface area (Å²) in [5, 5.41) is 16.1. The molecule has 2 aromatic heterocycles. The average Bonchev–Trinajstić information content (AvgIpc) is 3.37. The third kappa shape index (κ3) is 7.81. The summed E-state index contributed by atoms with van der Waals surface area (Å²) >= 11 is 16.7. The fourth-order valence-electron chi connectivity index (χ4n) is 2.90. The van der Waals surface area contributed by atoms with Crippen molar-refractivity contribution in [1.82, 2.24) is 25.4 Å². The third-order valence-electron chi connectivity index (χ3n) is 4.48. The molecule has 0 saturated heterocycles. The largest absolute Gasteiger partial charge is 0.329 e. The van der Waals surface area contributed by atoms with Gasteiger partial charge in [-0.3, -0.25) is 9.78 Å². The first-order valence-electron chi connectivity index (χ1n) is 9.99. The Labute approximate surface area is 216 Å². The molecule has 1 aliphatic rings. The summed E-state index contributed by atoms with van der Waals surface area (Å²) in [5.74, 6) is 1.06. The van der Waals surface area contributed by atoms with Crippen molar-refractivity contribution in [2.45, 2.75) is 27.1 Å². The van der Waals surface area contributed by atoms with E-state index >= 15 is 0 Å². The van der Waals surface area contributed by atoms with Gasteiger partial charge in [-0.2, -0.15) is 0 Å². The average molecular weight is 544 g/mol. The van der Waals surface area contributed by atoms with Crippen LogP contribution in [0, 0.1) is 6.92 Å². The van der Waals surface area contributed by atoms with E-state index in [1.165, 1.54) is 33.6 Å². The van der Waals surface area contributed by atoms with E-state index < -0.39 is 0 Å². The van der Waals surface area contributed by atoms with Gasteiger partial charge in [0.25, 0.3) is 0 Å². The lowest BCUT2D eigenvalue weighted by Crippen LogP contribution is -2.29. The van der Waals surface area contributed by atoms with Gasteiger partial charge in [0.1, 0.15) is 5.01 Å². The van der Waals surface area contributed by atoms with Crippen LogP contribution in [0.1, 0.15) is 16.6 Å². The summed E-state index contributed by atoms with van der Waals surface area (Å²) in [6.45, 7) is 3.94. The number of rotatable bonds is 8. The van der Waals surface area contributed by atoms with Gasteiger partial charge < -0.3 is 15.5 Å². The Balaban J connectivity index is 0.000000189. The number of benzene rings is 1. The number of aryl methyl sites for hydroxylation is 1. The van der Waals surface area contributed by atoms with Crippen LogP contribution in [0.15, 0.2) is 44.7 Å². The maximum absolute atomic E-state index is 10.4. The zero-order valence-electron chi connectivity index (χ0n) is 18.3. The van der Waals surface area contributed by atoms with Crippen molar-refractivity contribution in [3.63, 3.8) is 0 Å². The molecule has 2 N–H and O–H groups in total. The molecule has 1 aromatic carbocycles. The highest BCUT2D eigenvalue weighted by molar-refractivity contribution is 8.01. The van der Waals surface area contributed by atoms with E-state index in [0.29, 0.717) is 22.5 Å². The predicted octanol–water partition coefficient (Wildman–Crippen LogP) is 5.25. The van der Waals surface area contributed by atoms with Crippen LogP contribution in [-0.2, 0) is 4.79 Å². The SMILES string of the molecule is CN(C)CCNC1CSc2cc(NC=O)ccc21.Cc1nnc(Sc2c(Cl)cncc2Cl)s1. The van der Waals surface area contributed by atoms with E-state index in [9.17, 15) is 4.79 Å². The molecule has 1 unspecified atom stereocenters. The van der Waals surface area contributed by atoms with Crippen molar-refractivity contribution in [2.75, 3.05) is 38.3 Å². The molecular formula is C21H24Cl2N6OS3. The van der Waals surface area contributed by atoms with E-state index in [2.05, 4.69) is 50.9 Å². The molecule has 0 spiro atoms. The molecule has 1 amide bonds. The van der Waals surface area contributed by atoms with E-state index in [4.69, 9.17) is 23.2 Å². The standard InChI is InChI=1S/C13H19N3OS.C8H5Cl2N3S2/c1-16(2)6-5-14-12-8-18-13-7-10(15-9-17)3-4-11(12)13;1-4-12-13-8(14-4)15-7-5(9)2-11-3-6(7)10/h3-4,7,9,12,14H,5-6,8H2,1-2H3,(H,15,17);2-3H,1H3. The van der Waals surface area contributed by atoms with Gasteiger partial charge >= 0.3 is 0 Å². The van der Waals surface area contributed by atoms with Crippen LogP contribution in [0.3, 0.4) is 0 Å². The minimum atomic E-state index is 0.426. The van der Waals surface area contributed by atoms with Crippen LogP contribution in [0.25, 0.3) is 0 Å². The summed E-state index contributed by atoms with van der Waals surface area (Å²) in [6, 6.07) is 6.53. The van der Waals surface area contributed by atoms with Crippen molar-refractivity contribution >= 4 is 70.2 Å². The second kappa shape index (κ2) is 12.9. The second-order valence-electron chi connectivity index (χ2n) is 7.26. The van der Waals surface area contributed by atoms with E-state index in [1.54, 1.807) is 12.4 Å². The number of hydrogen-bond donors (Lipinski definition) is 2. The first kappa shape index (κ1) is 26.2. The van der Waals surface area contributed by atoms with Crippen LogP contribution in [0.2, 0.25) is 10.0 Å². The van der Waals surface area contributed by atoms with Crippen molar-refractivity contribution in [1.29, 1.82) is 0 Å². The van der Waals surface area contributed by atoms with E-state index in [-0.39, 0.29) is 0 Å². The van der Waals surface area contributed by atoms with Crippen molar-refractivity contribution < 1.29 is 4.79 Å². The van der Waals surface area contributed by atoms with Crippen LogP contribution in [0.4, 0.5) is 5.69 Å². The van der Waals surface area contributed by atoms with E-state index in [1.807, 2.05) is 30.8 Å². The molecule has 33 heavy (non-hydrogen) atoms. The molecule has 0 saturated carbocycles. The monoisotopic (exact) mass is 542 g/mol. The Morgan fingerprint density at radius 1 is 1.24 bits per heavy atom. The topological polar surface area (TPSA) is 83.0 Å². The smallest absolute Gasteiger partial charge is 0.211 e. The molecule has 0 radical (unpaired) electrons. The first-order valence-corrected chi connectivity index (χ1v) is 13.4. The zero-order valence-corrected chi connectivity index (χ0v) is 22.3. The molecular weight excluding hydrogens is 519 g/mol. The van der Waals surface area contributed by atoms with Gasteiger partial charge in [-0.15, -0.1) is 22.0 Å². The number of carbonyl (C=O) groups excluding carboxylic acids is 1. The number of nitrogens with one attached hydrogen (secondary N) is 2. The number of pyridine rings is 1. The van der Waals surface area contributed by atoms with E-state index in [0.717, 1.165) is 38.8 Å². The fourth-order valence-corrected chi connectivity index (χ4v) is 6.48. The number of anilines is 1. The van der Waals surface area contributed by atoms with Crippen LogP contribution in [0.5, 0.6) is 0 Å². The summed E-state index contributed by atoms with van der Waals surface area (Å²) in [5.41, 5.74) is 2.21. The quantitative estimate of drug-likeness (QED) is 0.373. The molecule has 0 aliphatic carbocycles. The van der Waals surface area contributed by atoms with Crippen LogP contribution >= 0.6 is 58.1 Å². The van der Waals surface area contributed by atoms with Crippen LogP contribution < -0.4 is 10.6 Å². The van der Waals surface area contributed by atoms with Crippen molar-refractivity contribution in [3.8, 4) is 0 Å². The van der Waals surface area contributed by atoms with Gasteiger partial charge in [-0.05, 0) is 38.7 Å². The number of hydrogen-bond acceptors (Lipinski definition) is 9. The predicted molar refractivity (Wildman–Crippen MR) is 139 cm³/mol. The minimum Gasteiger partial charge on any atom is -0.329 e. The van der Waals surface area contributed by atoms with Gasteiger partial charge in [0, 0.05) is 47.9 Å². The highest BCUT2D eigenvalue weighted by atomic mass is 35.5. The molecule has 0 bridgehead atoms. The molecule has 1 aliphatic heterocycles. The van der Waals surface area contributed by atoms with Gasteiger partial charge in [-0.1, -0.05) is 52.4 Å². The van der Waals surface area contributed by atoms with Crippen molar-refractivity contribution in [3.05, 3.63) is 51.2 Å². The lowest BCUT2D eigenvalue weighted by atomic mass is 10.1. The highest BCUT2D eigenvalue weighted by Crippen LogP contribution is 2.40. The number of aromatic nitrogens is 3. The second-order valence-corrected chi connectivity index (χ2v) is 11.6. The minimum absolute atomic E-state index is 0.426. The highest BCUT2D eigenvalue weighted by Gasteiger charge is 2.22. The molecule has 3 aromatic rings. The zero-order chi connectivity index (χ0) is 23.8. The number of nitrogens with zero attached hydrogens (tertiary/aromatic N) is 4. The summed E-state index contributed by atoms with van der Waals surface area (Å²) in [4.78, 5) is 18.5. The molecule has 3 heterocycles. The van der Waals surface area contributed by atoms with Crippen LogP contribution in [-0.4, -0.2) is 59.4 Å². The molecule has 0 fully saturated rings. The summed E-state index contributed by atoms with van der Waals surface area (Å²) < 4.78 is 0.822. The Kier molecular flexibility index (Phi) is 10.2. The number of likely N-dealkylation sites (N-methyl/N-ethyl adjacent to an activating group) is 1. The molecule has 1 atom stereocenters. The molecule has 4 rings (SSSR count). The number of amides is 1. The maximum Gasteiger partial charge on any atom is 0.211 e. The number of carbonyl (C=O) groups is 1. The lowest BCUT2D eigenvalue weighted by Gasteiger charge is -2.16. The Morgan fingerprint density at radius 3 is 2.64 bits per heavy atom. The number of fused-ring (bicyclic) bond motifs is 1. The molecule has 176 valence electrons. The Hall–Kier alpha value is -1.40. The number of halogens is 2. The summed E-state index contributed by atoms with van der Waals surface area (Å²) in [7, 11) is 4.16. The lowest BCUT2D eigenvalue weighted by molar-refractivity contribution is -0.105. The molecule has 12 heteroatoms. The van der Waals surface area contributed by atoms with Gasteiger partial charge in [0.2, 0.25) is 6.41 Å². The molecule has 7 nitrogen and oxygen atoms in total. The fraction of sp³-hybridized carbons (Fsp3) is 0.333. The third-order valence-corrected chi connectivity index (χ3v) is 8.47. The number of thioether (sulfide) groups is 1. The van der Waals surface area contributed by atoms with Crippen molar-refractivity contribution in [2.24, 2.45) is 0 Å². The van der Waals surface area contributed by atoms with Gasteiger partial charge in [-0.25, -0.2) is 0 Å². The Bertz CT molecular complexity index is 1060. The van der Waals surface area contributed by atoms with Gasteiger partial charge in [0.05, 0.1) is 14.9 Å². The normalized spacial score (nSPS) is 14.5. The first-order chi connectivity index (χ1) is 15.9. The summed E-state index contributed by atoms with van der Waals surface area (Å²) in [6.07, 6.45) is 3.83. The maximum atomic E-state index is 10.4. The Morgan fingerprint density at radius 2 is 2.00 bits per heavy atom.